The Kier molecular flexibility index (Phi) is 4.86. The van der Waals surface area contributed by atoms with Gasteiger partial charge in [-0.05, 0) is 19.0 Å². The highest BCUT2D eigenvalue weighted by Gasteiger charge is 2.27. The molecule has 0 aliphatic carbocycles. The topological polar surface area (TPSA) is 12.0 Å². The van der Waals surface area contributed by atoms with E-state index in [1.54, 1.807) is 6.92 Å². The Bertz CT molecular complexity index is 380. The molecule has 0 aromatic heterocycles. The molecule has 1 N–H and O–H groups in total. The number of hydrogen-bond donors (Lipinski definition) is 1. The van der Waals surface area contributed by atoms with Gasteiger partial charge >= 0.3 is 0 Å². The van der Waals surface area contributed by atoms with Crippen molar-refractivity contribution >= 4 is 0 Å². The molecule has 1 nitrogen and oxygen atoms in total. The van der Waals surface area contributed by atoms with Gasteiger partial charge in [0.2, 0.25) is 0 Å². The first-order chi connectivity index (χ1) is 7.99. The van der Waals surface area contributed by atoms with Crippen LogP contribution in [0.3, 0.4) is 0 Å². The Morgan fingerprint density at radius 1 is 1.12 bits per heavy atom. The molecule has 1 aromatic rings. The van der Waals surface area contributed by atoms with Gasteiger partial charge in [-0.2, -0.15) is 0 Å². The number of hydrogen-bond acceptors (Lipinski definition) is 1. The molecule has 0 radical (unpaired) electrons. The maximum absolute atomic E-state index is 13.3. The molecular weight excluding hydrogens is 241 g/mol. The van der Waals surface area contributed by atoms with Gasteiger partial charge in [-0.1, -0.05) is 13.0 Å². The van der Waals surface area contributed by atoms with E-state index in [-0.39, 0.29) is 6.54 Å². The average Bonchev–Trinajstić information content (AvgIpc) is 2.28. The molecule has 6 heteroatoms. The lowest BCUT2D eigenvalue weighted by Crippen LogP contribution is -2.29. The van der Waals surface area contributed by atoms with E-state index in [0.29, 0.717) is 12.5 Å². The van der Waals surface area contributed by atoms with Crippen LogP contribution in [-0.4, -0.2) is 13.0 Å². The molecule has 96 valence electrons. The molecule has 1 atom stereocenters. The predicted octanol–water partition coefficient (Wildman–Crippen LogP) is 3.41. The molecule has 0 heterocycles. The zero-order chi connectivity index (χ0) is 13.0. The van der Waals surface area contributed by atoms with Crippen molar-refractivity contribution in [3.63, 3.8) is 0 Å². The maximum Gasteiger partial charge on any atom is 0.257 e. The van der Waals surface area contributed by atoms with Crippen molar-refractivity contribution in [3.05, 3.63) is 35.1 Å². The van der Waals surface area contributed by atoms with Gasteiger partial charge < -0.3 is 5.32 Å². The third kappa shape index (κ3) is 3.15. The van der Waals surface area contributed by atoms with Crippen molar-refractivity contribution < 1.29 is 22.0 Å². The summed E-state index contributed by atoms with van der Waals surface area (Å²) in [5, 5.41) is 2.39. The molecule has 0 spiro atoms. The molecule has 17 heavy (non-hydrogen) atoms. The largest absolute Gasteiger partial charge is 0.305 e. The number of nitrogens with one attached hydrogen (secondary N) is 1. The van der Waals surface area contributed by atoms with Gasteiger partial charge in [-0.3, -0.25) is 0 Å². The van der Waals surface area contributed by atoms with Crippen LogP contribution >= 0.6 is 0 Å². The first-order valence-corrected chi connectivity index (χ1v) is 5.14. The second kappa shape index (κ2) is 5.95. The second-order valence-corrected chi connectivity index (χ2v) is 3.53. The van der Waals surface area contributed by atoms with Crippen LogP contribution in [-0.2, 0) is 0 Å². The maximum atomic E-state index is 13.3. The summed E-state index contributed by atoms with van der Waals surface area (Å²) >= 11 is 0. The van der Waals surface area contributed by atoms with E-state index in [0.717, 1.165) is 6.07 Å². The van der Waals surface area contributed by atoms with E-state index in [4.69, 9.17) is 0 Å². The SMILES string of the molecule is CCCNC(c1ccc(F)c(F)c1F)C(F)F. The Hall–Kier alpha value is -1.17. The number of halogens is 5. The van der Waals surface area contributed by atoms with Crippen LogP contribution < -0.4 is 5.32 Å². The fourth-order valence-electron chi connectivity index (χ4n) is 1.42. The molecule has 0 amide bonds. The van der Waals surface area contributed by atoms with Crippen molar-refractivity contribution in [3.8, 4) is 0 Å². The van der Waals surface area contributed by atoms with E-state index >= 15 is 0 Å². The van der Waals surface area contributed by atoms with E-state index in [1.807, 2.05) is 0 Å². The van der Waals surface area contributed by atoms with Gasteiger partial charge in [-0.25, -0.2) is 22.0 Å². The van der Waals surface area contributed by atoms with Crippen LogP contribution in [0.1, 0.15) is 24.9 Å². The second-order valence-electron chi connectivity index (χ2n) is 3.53. The third-order valence-electron chi connectivity index (χ3n) is 2.27. The van der Waals surface area contributed by atoms with Crippen LogP contribution in [0, 0.1) is 17.5 Å². The lowest BCUT2D eigenvalue weighted by atomic mass is 10.1. The van der Waals surface area contributed by atoms with Gasteiger partial charge in [0, 0.05) is 5.56 Å². The first kappa shape index (κ1) is 13.9. The molecule has 1 unspecified atom stereocenters. The standard InChI is InChI=1S/C11H12F5N/c1-2-5-17-10(11(15)16)6-3-4-7(12)9(14)8(6)13/h3-4,10-11,17H,2,5H2,1H3. The Morgan fingerprint density at radius 3 is 2.29 bits per heavy atom. The number of benzene rings is 1. The normalized spacial score (nSPS) is 13.1. The van der Waals surface area contributed by atoms with Crippen LogP contribution in [0.5, 0.6) is 0 Å². The average molecular weight is 253 g/mol. The molecule has 0 saturated heterocycles. The molecule has 0 bridgehead atoms. The minimum absolute atomic E-state index is 0.230. The number of rotatable bonds is 5. The minimum atomic E-state index is -2.90. The third-order valence-corrected chi connectivity index (χ3v) is 2.27. The van der Waals surface area contributed by atoms with Crippen LogP contribution in [0.4, 0.5) is 22.0 Å². The summed E-state index contributed by atoms with van der Waals surface area (Å²) in [5.74, 6) is -4.69. The summed E-state index contributed by atoms with van der Waals surface area (Å²) in [6, 6.07) is -0.172. The van der Waals surface area contributed by atoms with E-state index < -0.39 is 35.5 Å². The highest BCUT2D eigenvalue weighted by molar-refractivity contribution is 5.24. The highest BCUT2D eigenvalue weighted by Crippen LogP contribution is 2.25. The van der Waals surface area contributed by atoms with Gasteiger partial charge in [0.05, 0.1) is 6.04 Å². The van der Waals surface area contributed by atoms with Crippen molar-refractivity contribution in [1.82, 2.24) is 5.32 Å². The zero-order valence-corrected chi connectivity index (χ0v) is 9.11. The molecule has 0 aliphatic heterocycles. The zero-order valence-electron chi connectivity index (χ0n) is 9.11. The van der Waals surface area contributed by atoms with E-state index in [1.165, 1.54) is 0 Å². The van der Waals surface area contributed by atoms with Crippen LogP contribution in [0.2, 0.25) is 0 Å². The summed E-state index contributed by atoms with van der Waals surface area (Å²) in [7, 11) is 0. The summed E-state index contributed by atoms with van der Waals surface area (Å²) < 4.78 is 64.2. The lowest BCUT2D eigenvalue weighted by molar-refractivity contribution is 0.0962. The quantitative estimate of drug-likeness (QED) is 0.626. The highest BCUT2D eigenvalue weighted by atomic mass is 19.3. The molecule has 1 rings (SSSR count). The summed E-state index contributed by atoms with van der Waals surface area (Å²) in [4.78, 5) is 0. The summed E-state index contributed by atoms with van der Waals surface area (Å²) in [6.45, 7) is 1.98. The van der Waals surface area contributed by atoms with Crippen LogP contribution in [0.25, 0.3) is 0 Å². The fraction of sp³-hybridized carbons (Fsp3) is 0.455. The molecule has 0 saturated carbocycles. The smallest absolute Gasteiger partial charge is 0.257 e. The van der Waals surface area contributed by atoms with Gasteiger partial charge in [0.1, 0.15) is 0 Å². The monoisotopic (exact) mass is 253 g/mol. The van der Waals surface area contributed by atoms with Crippen molar-refractivity contribution in [2.75, 3.05) is 6.54 Å². The van der Waals surface area contributed by atoms with Gasteiger partial charge in [-0.15, -0.1) is 0 Å². The van der Waals surface area contributed by atoms with Crippen molar-refractivity contribution in [1.29, 1.82) is 0 Å². The minimum Gasteiger partial charge on any atom is -0.305 e. The number of alkyl halides is 2. The predicted molar refractivity (Wildman–Crippen MR) is 53.4 cm³/mol. The first-order valence-electron chi connectivity index (χ1n) is 5.14. The van der Waals surface area contributed by atoms with E-state index in [2.05, 4.69) is 5.32 Å². The Morgan fingerprint density at radius 2 is 1.76 bits per heavy atom. The van der Waals surface area contributed by atoms with Crippen LogP contribution in [0.15, 0.2) is 12.1 Å². The Balaban J connectivity index is 3.06. The molecule has 0 aliphatic rings. The lowest BCUT2D eigenvalue weighted by Gasteiger charge is -2.18. The van der Waals surface area contributed by atoms with E-state index in [9.17, 15) is 22.0 Å². The van der Waals surface area contributed by atoms with Crippen molar-refractivity contribution in [2.24, 2.45) is 0 Å². The summed E-state index contributed by atoms with van der Waals surface area (Å²) in [5.41, 5.74) is -0.563. The van der Waals surface area contributed by atoms with Gasteiger partial charge in [0.15, 0.2) is 17.5 Å². The summed E-state index contributed by atoms with van der Waals surface area (Å²) in [6.07, 6.45) is -2.34. The molecular formula is C11H12F5N. The Labute approximate surface area is 95.6 Å². The van der Waals surface area contributed by atoms with Gasteiger partial charge in [0.25, 0.3) is 6.43 Å². The fourth-order valence-corrected chi connectivity index (χ4v) is 1.42. The molecule has 1 aromatic carbocycles. The molecule has 0 fully saturated rings. The van der Waals surface area contributed by atoms with Crippen molar-refractivity contribution in [2.45, 2.75) is 25.8 Å².